The topological polar surface area (TPSA) is 87.8 Å². The Hall–Kier alpha value is -3.04. The first kappa shape index (κ1) is 21.8. The van der Waals surface area contributed by atoms with E-state index in [0.717, 1.165) is 43.2 Å². The monoisotopic (exact) mass is 464 g/mol. The summed E-state index contributed by atoms with van der Waals surface area (Å²) >= 11 is 1.98. The van der Waals surface area contributed by atoms with Crippen LogP contribution in [0.15, 0.2) is 63.0 Å². The van der Waals surface area contributed by atoms with Gasteiger partial charge in [0.2, 0.25) is 11.6 Å². The van der Waals surface area contributed by atoms with Crippen molar-refractivity contribution in [3.8, 4) is 5.75 Å². The summed E-state index contributed by atoms with van der Waals surface area (Å²) in [6.45, 7) is 6.65. The highest BCUT2D eigenvalue weighted by Gasteiger charge is 2.33. The summed E-state index contributed by atoms with van der Waals surface area (Å²) in [5, 5.41) is 15.4. The van der Waals surface area contributed by atoms with Gasteiger partial charge in [-0.1, -0.05) is 23.8 Å². The molecule has 3 heterocycles. The molecule has 8 nitrogen and oxygen atoms in total. The van der Waals surface area contributed by atoms with Crippen LogP contribution in [-0.2, 0) is 0 Å². The number of aliphatic imine (C=N–C) groups is 1. The van der Waals surface area contributed by atoms with Crippen molar-refractivity contribution in [3.63, 3.8) is 0 Å². The van der Waals surface area contributed by atoms with Crippen LogP contribution in [-0.4, -0.2) is 52.2 Å². The van der Waals surface area contributed by atoms with Crippen LogP contribution >= 0.6 is 11.8 Å². The van der Waals surface area contributed by atoms with Crippen LogP contribution in [0.5, 0.6) is 5.75 Å². The van der Waals surface area contributed by atoms with Crippen molar-refractivity contribution < 1.29 is 9.37 Å². The third-order valence-corrected chi connectivity index (χ3v) is 7.16. The van der Waals surface area contributed by atoms with Gasteiger partial charge in [-0.25, -0.2) is 9.62 Å². The maximum atomic E-state index is 5.64. The van der Waals surface area contributed by atoms with E-state index in [9.17, 15) is 0 Å². The summed E-state index contributed by atoms with van der Waals surface area (Å²) in [5.41, 5.74) is 2.21. The molecule has 0 bridgehead atoms. The fraction of sp³-hybridized carbons (Fsp3) is 0.375. The van der Waals surface area contributed by atoms with Crippen LogP contribution < -0.4 is 15.4 Å². The number of nitrogens with zero attached hydrogens (tertiary/aromatic N) is 4. The maximum absolute atomic E-state index is 5.64. The van der Waals surface area contributed by atoms with Gasteiger partial charge in [0.05, 0.1) is 6.61 Å². The van der Waals surface area contributed by atoms with E-state index < -0.39 is 0 Å². The van der Waals surface area contributed by atoms with Gasteiger partial charge in [-0.3, -0.25) is 4.90 Å². The van der Waals surface area contributed by atoms with Gasteiger partial charge in [-0.05, 0) is 61.3 Å². The molecule has 1 atom stereocenters. The van der Waals surface area contributed by atoms with Gasteiger partial charge in [-0.2, -0.15) is 0 Å². The normalized spacial score (nSPS) is 18.8. The molecule has 2 aliphatic heterocycles. The Morgan fingerprint density at radius 3 is 2.76 bits per heavy atom. The largest absolute Gasteiger partial charge is 0.494 e. The minimum absolute atomic E-state index is 0.134. The predicted octanol–water partition coefficient (Wildman–Crippen LogP) is 4.93. The van der Waals surface area contributed by atoms with E-state index in [4.69, 9.17) is 14.4 Å². The van der Waals surface area contributed by atoms with Gasteiger partial charge in [0.25, 0.3) is 0 Å². The number of fused-ring (bicyclic) bond motifs is 1. The molecule has 0 spiro atoms. The Morgan fingerprint density at radius 2 is 1.97 bits per heavy atom. The Balaban J connectivity index is 1.28. The van der Waals surface area contributed by atoms with Crippen LogP contribution in [0, 0.1) is 6.92 Å². The average Bonchev–Trinajstić information content (AvgIpc) is 3.29. The number of hydrogen-bond acceptors (Lipinski definition) is 9. The minimum atomic E-state index is -0.134. The number of aryl methyl sites for hydroxylation is 1. The smallest absolute Gasteiger partial charge is 0.242 e. The van der Waals surface area contributed by atoms with Crippen molar-refractivity contribution in [3.05, 3.63) is 54.1 Å². The van der Waals surface area contributed by atoms with Crippen molar-refractivity contribution in [1.82, 2.24) is 15.2 Å². The molecular weight excluding hydrogens is 436 g/mol. The number of thioether (sulfide) groups is 1. The number of piperidine rings is 1. The van der Waals surface area contributed by atoms with E-state index in [2.05, 4.69) is 57.0 Å². The molecule has 1 saturated heterocycles. The van der Waals surface area contributed by atoms with Crippen LogP contribution in [0.3, 0.4) is 0 Å². The molecule has 5 rings (SSSR count). The van der Waals surface area contributed by atoms with Crippen molar-refractivity contribution in [2.24, 2.45) is 4.99 Å². The molecule has 1 aromatic heterocycles. The number of rotatable bonds is 6. The van der Waals surface area contributed by atoms with E-state index in [1.165, 1.54) is 10.5 Å². The van der Waals surface area contributed by atoms with Crippen LogP contribution in [0.1, 0.15) is 25.3 Å². The van der Waals surface area contributed by atoms with E-state index in [1.54, 1.807) is 0 Å². The lowest BCUT2D eigenvalue weighted by Gasteiger charge is -2.39. The molecule has 2 aromatic carbocycles. The van der Waals surface area contributed by atoms with Gasteiger partial charge in [0, 0.05) is 35.0 Å². The summed E-state index contributed by atoms with van der Waals surface area (Å²) in [4.78, 5) is 8.46. The Labute approximate surface area is 197 Å². The second-order valence-corrected chi connectivity index (χ2v) is 9.61. The molecule has 9 heteroatoms. The van der Waals surface area contributed by atoms with Crippen molar-refractivity contribution in [2.75, 3.05) is 30.3 Å². The number of amidine groups is 1. The molecule has 0 amide bonds. The van der Waals surface area contributed by atoms with E-state index in [0.29, 0.717) is 23.5 Å². The Kier molecular flexibility index (Phi) is 6.50. The van der Waals surface area contributed by atoms with Crippen molar-refractivity contribution >= 4 is 34.9 Å². The summed E-state index contributed by atoms with van der Waals surface area (Å²) in [6.07, 6.45) is 2.08. The van der Waals surface area contributed by atoms with Gasteiger partial charge in [0.1, 0.15) is 17.8 Å². The lowest BCUT2D eigenvalue weighted by Crippen LogP contribution is -2.53. The Bertz CT molecular complexity index is 1110. The van der Waals surface area contributed by atoms with Crippen LogP contribution in [0.4, 0.5) is 17.3 Å². The Morgan fingerprint density at radius 1 is 1.15 bits per heavy atom. The zero-order valence-corrected chi connectivity index (χ0v) is 19.6. The highest BCUT2D eigenvalue weighted by atomic mass is 32.2. The first-order valence-corrected chi connectivity index (χ1v) is 12.2. The third kappa shape index (κ3) is 5.15. The fourth-order valence-corrected chi connectivity index (χ4v) is 5.25. The molecule has 1 unspecified atom stereocenters. The average molecular weight is 465 g/mol. The second-order valence-electron chi connectivity index (χ2n) is 8.23. The molecule has 0 radical (unpaired) electrons. The molecule has 3 aromatic rings. The number of nitrogens with one attached hydrogen (secondary N) is 2. The zero-order chi connectivity index (χ0) is 22.6. The molecule has 1 fully saturated rings. The van der Waals surface area contributed by atoms with Gasteiger partial charge in [0.15, 0.2) is 0 Å². The number of hydrogen-bond donors (Lipinski definition) is 2. The molecular formula is C24H28N6O2S. The third-order valence-electron chi connectivity index (χ3n) is 5.81. The summed E-state index contributed by atoms with van der Waals surface area (Å²) in [5.74, 6) is 2.63. The first-order chi connectivity index (χ1) is 16.2. The maximum Gasteiger partial charge on any atom is 0.242 e. The lowest BCUT2D eigenvalue weighted by atomic mass is 10.1. The second kappa shape index (κ2) is 9.84. The standard InChI is InChI=1S/C24H28N6O2S/c1-3-31-18-6-4-5-17(15-18)25-23-24(27-22-21(26-23)28-32-29-22)30-13-11-20(12-14-30)33-19-9-7-16(2)8-10-19/h4-10,15,20,24H,3,11-14H2,1-2H3,(H,27,29)(H,25,26,28). The predicted molar refractivity (Wildman–Crippen MR) is 132 cm³/mol. The number of benzene rings is 2. The molecule has 2 N–H and O–H groups in total. The number of ether oxygens (including phenoxy) is 1. The highest BCUT2D eigenvalue weighted by Crippen LogP contribution is 2.33. The molecule has 2 aliphatic rings. The summed E-state index contributed by atoms with van der Waals surface area (Å²) in [6, 6.07) is 16.7. The zero-order valence-electron chi connectivity index (χ0n) is 18.8. The highest BCUT2D eigenvalue weighted by molar-refractivity contribution is 8.00. The van der Waals surface area contributed by atoms with Crippen molar-refractivity contribution in [2.45, 2.75) is 43.0 Å². The van der Waals surface area contributed by atoms with Gasteiger partial charge < -0.3 is 15.4 Å². The molecule has 172 valence electrons. The van der Waals surface area contributed by atoms with E-state index >= 15 is 0 Å². The number of anilines is 2. The molecule has 0 saturated carbocycles. The van der Waals surface area contributed by atoms with Crippen LogP contribution in [0.2, 0.25) is 0 Å². The van der Waals surface area contributed by atoms with Crippen molar-refractivity contribution in [1.29, 1.82) is 0 Å². The summed E-state index contributed by atoms with van der Waals surface area (Å²) in [7, 11) is 0. The van der Waals surface area contributed by atoms with E-state index in [-0.39, 0.29) is 6.17 Å². The quantitative estimate of drug-likeness (QED) is 0.531. The minimum Gasteiger partial charge on any atom is -0.494 e. The van der Waals surface area contributed by atoms with Gasteiger partial charge in [-0.15, -0.1) is 11.8 Å². The fourth-order valence-electron chi connectivity index (χ4n) is 4.12. The first-order valence-electron chi connectivity index (χ1n) is 11.3. The number of aromatic nitrogens is 2. The van der Waals surface area contributed by atoms with E-state index in [1.807, 2.05) is 43.0 Å². The molecule has 33 heavy (non-hydrogen) atoms. The van der Waals surface area contributed by atoms with Crippen LogP contribution in [0.25, 0.3) is 0 Å². The summed E-state index contributed by atoms with van der Waals surface area (Å²) < 4.78 is 10.5. The van der Waals surface area contributed by atoms with Gasteiger partial charge >= 0.3 is 0 Å². The SMILES string of the molecule is CCOc1cccc(NC2=Nc3nonc3NC2N2CCC(Sc3ccc(C)cc3)CC2)c1. The number of likely N-dealkylation sites (tertiary alicyclic amines) is 1. The molecule has 0 aliphatic carbocycles. The lowest BCUT2D eigenvalue weighted by molar-refractivity contribution is 0.218.